The van der Waals surface area contributed by atoms with Gasteiger partial charge < -0.3 is 20.1 Å². The molecule has 3 saturated heterocycles. The summed E-state index contributed by atoms with van der Waals surface area (Å²) in [6, 6.07) is 1.12. The first-order valence-electron chi connectivity index (χ1n) is 16.6. The molecule has 0 amide bonds. The minimum Gasteiger partial charge on any atom is -0.497 e. The molecule has 2 N–H and O–H groups in total. The van der Waals surface area contributed by atoms with Crippen molar-refractivity contribution in [2.75, 3.05) is 45.9 Å². The maximum absolute atomic E-state index is 11.2. The van der Waals surface area contributed by atoms with Crippen LogP contribution in [0, 0.1) is 23.2 Å². The van der Waals surface area contributed by atoms with Gasteiger partial charge in [0.15, 0.2) is 0 Å². The number of aliphatic hydroxyl groups is 1. The van der Waals surface area contributed by atoms with Crippen LogP contribution < -0.4 is 5.32 Å². The van der Waals surface area contributed by atoms with Crippen LogP contribution in [0.1, 0.15) is 105 Å². The summed E-state index contributed by atoms with van der Waals surface area (Å²) >= 11 is 6.24. The highest BCUT2D eigenvalue weighted by Crippen LogP contribution is 2.44. The second-order valence-electron chi connectivity index (χ2n) is 14.4. The summed E-state index contributed by atoms with van der Waals surface area (Å²) in [6.45, 7) is 20.7. The summed E-state index contributed by atoms with van der Waals surface area (Å²) in [5.41, 5.74) is -0.850. The number of hydrogen-bond donors (Lipinski definition) is 2. The summed E-state index contributed by atoms with van der Waals surface area (Å²) in [6.07, 6.45) is 16.1. The molecule has 1 aliphatic carbocycles. The first-order valence-corrected chi connectivity index (χ1v) is 17.0. The zero-order valence-electron chi connectivity index (χ0n) is 26.2. The van der Waals surface area contributed by atoms with Gasteiger partial charge in [0.05, 0.1) is 11.4 Å². The number of likely N-dealkylation sites (tertiary alicyclic amines) is 1. The number of ether oxygens (including phenoxy) is 1. The van der Waals surface area contributed by atoms with Crippen LogP contribution in [0.15, 0.2) is 23.4 Å². The molecule has 230 valence electrons. The van der Waals surface area contributed by atoms with E-state index in [2.05, 4.69) is 41.6 Å². The molecule has 3 fully saturated rings. The third-order valence-corrected chi connectivity index (χ3v) is 11.7. The first kappa shape index (κ1) is 32.3. The summed E-state index contributed by atoms with van der Waals surface area (Å²) in [4.78, 5) is 5.49. The van der Waals surface area contributed by atoms with Gasteiger partial charge in [0, 0.05) is 36.6 Å². The van der Waals surface area contributed by atoms with Gasteiger partial charge in [-0.15, -0.1) is 0 Å². The number of piperidine rings is 1. The molecule has 0 spiro atoms. The number of allylic oxidation sites excluding steroid dienone is 3. The lowest BCUT2D eigenvalue weighted by atomic mass is 9.66. The molecule has 0 aromatic carbocycles. The van der Waals surface area contributed by atoms with Crippen molar-refractivity contribution in [3.8, 4) is 0 Å². The normalized spacial score (nSPS) is 35.1. The van der Waals surface area contributed by atoms with E-state index in [0.717, 1.165) is 68.5 Å². The molecule has 6 atom stereocenters. The molecule has 0 bridgehead atoms. The number of likely N-dealkylation sites (N-methyl/N-ethyl adjacent to an activating group) is 1. The fourth-order valence-corrected chi connectivity index (χ4v) is 8.21. The number of rotatable bonds is 9. The van der Waals surface area contributed by atoms with Gasteiger partial charge in [-0.25, -0.2) is 0 Å². The molecule has 2 unspecified atom stereocenters. The lowest BCUT2D eigenvalue weighted by Gasteiger charge is -2.43. The fraction of sp³-hybridized carbons (Fsp3) is 0.882. The van der Waals surface area contributed by atoms with Crippen molar-refractivity contribution >= 4 is 11.6 Å². The summed E-state index contributed by atoms with van der Waals surface area (Å²) in [5.74, 6) is 2.96. The summed E-state index contributed by atoms with van der Waals surface area (Å²) < 4.78 is 6.23. The van der Waals surface area contributed by atoms with Crippen LogP contribution in [0.3, 0.4) is 0 Å². The molecule has 4 rings (SSSR count). The third kappa shape index (κ3) is 8.72. The molecule has 0 aromatic heterocycles. The molecule has 0 saturated carbocycles. The van der Waals surface area contributed by atoms with Crippen molar-refractivity contribution in [3.63, 3.8) is 0 Å². The molecular formula is C34H60ClN3O2. The molecule has 0 radical (unpaired) electrons. The molecular weight excluding hydrogens is 518 g/mol. The fourth-order valence-electron chi connectivity index (χ4n) is 8.01. The standard InChI is InChI=1S/C34H60ClN3O2/c1-6-38(23-27-11-13-29(35)14-12-27)30-17-22-37(24-30)21-8-9-28-16-19-34(5,33(3,4)39)18-15-26(2)40-25-32-31(28)10-7-20-36-32/h13,27-28,30-32,36,39H,2,6-12,14-25H2,1,3-5H3/t27-,28?,30-,31+,32?,34-/m1/s1. The summed E-state index contributed by atoms with van der Waals surface area (Å²) in [5, 5.41) is 16.1. The predicted molar refractivity (Wildman–Crippen MR) is 169 cm³/mol. The summed E-state index contributed by atoms with van der Waals surface area (Å²) in [7, 11) is 0. The van der Waals surface area contributed by atoms with Crippen LogP contribution >= 0.6 is 11.6 Å². The van der Waals surface area contributed by atoms with Crippen LogP contribution in [-0.2, 0) is 4.74 Å². The Kier molecular flexibility index (Phi) is 11.9. The van der Waals surface area contributed by atoms with Gasteiger partial charge in [0.2, 0.25) is 0 Å². The Labute approximate surface area is 251 Å². The molecule has 4 aliphatic rings. The van der Waals surface area contributed by atoms with Crippen LogP contribution in [-0.4, -0.2) is 78.5 Å². The number of hydrogen-bond acceptors (Lipinski definition) is 5. The monoisotopic (exact) mass is 577 g/mol. The zero-order valence-corrected chi connectivity index (χ0v) is 27.0. The van der Waals surface area contributed by atoms with E-state index in [1.165, 1.54) is 71.1 Å². The highest BCUT2D eigenvalue weighted by Gasteiger charge is 2.41. The molecule has 6 heteroatoms. The highest BCUT2D eigenvalue weighted by molar-refractivity contribution is 6.29. The Morgan fingerprint density at radius 3 is 2.77 bits per heavy atom. The van der Waals surface area contributed by atoms with E-state index in [4.69, 9.17) is 16.3 Å². The van der Waals surface area contributed by atoms with Gasteiger partial charge in [-0.05, 0) is 134 Å². The van der Waals surface area contributed by atoms with Crippen LogP contribution in [0.4, 0.5) is 0 Å². The SMILES string of the molecule is C=C1CC[C@@](C)(C(C)(C)O)CCC(CCCN2CC[C@@H](N(CC)C[C@@H]3CC=C(Cl)CC3)C2)[C@@H]2CCCNC2CO1. The molecule has 5 nitrogen and oxygen atoms in total. The highest BCUT2D eigenvalue weighted by atomic mass is 35.5. The minimum atomic E-state index is -0.716. The lowest BCUT2D eigenvalue weighted by Crippen LogP contribution is -2.47. The molecule has 3 heterocycles. The maximum atomic E-state index is 11.2. The van der Waals surface area contributed by atoms with Crippen molar-refractivity contribution in [2.24, 2.45) is 23.2 Å². The van der Waals surface area contributed by atoms with Crippen LogP contribution in [0.25, 0.3) is 0 Å². The van der Waals surface area contributed by atoms with E-state index in [9.17, 15) is 5.11 Å². The zero-order chi connectivity index (χ0) is 28.8. The van der Waals surface area contributed by atoms with Gasteiger partial charge >= 0.3 is 0 Å². The smallest absolute Gasteiger partial charge is 0.103 e. The van der Waals surface area contributed by atoms with E-state index < -0.39 is 5.60 Å². The van der Waals surface area contributed by atoms with Gasteiger partial charge in [-0.1, -0.05) is 38.1 Å². The lowest BCUT2D eigenvalue weighted by molar-refractivity contribution is -0.0600. The first-order chi connectivity index (χ1) is 19.1. The second-order valence-corrected chi connectivity index (χ2v) is 14.9. The van der Waals surface area contributed by atoms with Gasteiger partial charge in [0.25, 0.3) is 0 Å². The van der Waals surface area contributed by atoms with Crippen LogP contribution in [0.2, 0.25) is 0 Å². The second kappa shape index (κ2) is 14.7. The number of halogens is 1. The number of nitrogens with zero attached hydrogens (tertiary/aromatic N) is 2. The Hall–Kier alpha value is -0.590. The Balaban J connectivity index is 1.33. The molecule has 40 heavy (non-hydrogen) atoms. The molecule has 3 aliphatic heterocycles. The van der Waals surface area contributed by atoms with Crippen molar-refractivity contribution in [2.45, 2.75) is 122 Å². The van der Waals surface area contributed by atoms with Crippen molar-refractivity contribution in [1.82, 2.24) is 15.1 Å². The number of fused-ring (bicyclic) bond motifs is 1. The topological polar surface area (TPSA) is 48.0 Å². The van der Waals surface area contributed by atoms with Crippen LogP contribution in [0.5, 0.6) is 0 Å². The van der Waals surface area contributed by atoms with E-state index in [0.29, 0.717) is 23.9 Å². The Bertz CT molecular complexity index is 842. The van der Waals surface area contributed by atoms with E-state index in [-0.39, 0.29) is 5.41 Å². The van der Waals surface area contributed by atoms with Crippen molar-refractivity contribution < 1.29 is 9.84 Å². The minimum absolute atomic E-state index is 0.134. The van der Waals surface area contributed by atoms with Crippen molar-refractivity contribution in [1.29, 1.82) is 0 Å². The van der Waals surface area contributed by atoms with E-state index in [1.807, 2.05) is 13.8 Å². The Morgan fingerprint density at radius 1 is 1.23 bits per heavy atom. The third-order valence-electron chi connectivity index (χ3n) is 11.4. The van der Waals surface area contributed by atoms with E-state index in [1.54, 1.807) is 0 Å². The van der Waals surface area contributed by atoms with Gasteiger partial charge in [-0.2, -0.15) is 0 Å². The van der Waals surface area contributed by atoms with Crippen molar-refractivity contribution in [3.05, 3.63) is 23.4 Å². The average Bonchev–Trinajstić information content (AvgIpc) is 3.39. The quantitative estimate of drug-likeness (QED) is 0.310. The Morgan fingerprint density at radius 2 is 2.05 bits per heavy atom. The van der Waals surface area contributed by atoms with Gasteiger partial charge in [0.1, 0.15) is 6.61 Å². The largest absolute Gasteiger partial charge is 0.497 e. The van der Waals surface area contributed by atoms with E-state index >= 15 is 0 Å². The molecule has 0 aromatic rings. The maximum Gasteiger partial charge on any atom is 0.103 e. The average molecular weight is 578 g/mol. The number of nitrogens with one attached hydrogen (secondary N) is 1. The van der Waals surface area contributed by atoms with Gasteiger partial charge in [-0.3, -0.25) is 4.90 Å². The predicted octanol–water partition coefficient (Wildman–Crippen LogP) is 6.95.